The summed E-state index contributed by atoms with van der Waals surface area (Å²) < 4.78 is 0. The molecule has 0 heterocycles. The fourth-order valence-electron chi connectivity index (χ4n) is 0. The Morgan fingerprint density at radius 3 is 0.750 bits per heavy atom. The van der Waals surface area contributed by atoms with Crippen molar-refractivity contribution in [2.24, 2.45) is 0 Å². The molecule has 0 radical (unpaired) electrons. The van der Waals surface area contributed by atoms with Gasteiger partial charge in [0.15, 0.2) is 0 Å². The van der Waals surface area contributed by atoms with Crippen LogP contribution < -0.4 is 24.8 Å². The standard InChI is InChI=1S/2ClH.Na.Pd.H/h2*1H;;;/q;;;+2;/p-2. The minimum atomic E-state index is 0. The number of halogens is 2. The molecule has 0 aromatic carbocycles. The van der Waals surface area contributed by atoms with Gasteiger partial charge in [-0.3, -0.25) is 0 Å². The molecule has 0 saturated carbocycles. The predicted molar refractivity (Wildman–Crippen MR) is 7.15 cm³/mol. The van der Waals surface area contributed by atoms with Gasteiger partial charge in [-0.05, 0) is 0 Å². The Hall–Kier alpha value is 2.24. The zero-order valence-corrected chi connectivity index (χ0v) is 4.14. The Morgan fingerprint density at radius 2 is 0.750 bits per heavy atom. The Labute approximate surface area is 73.9 Å². The summed E-state index contributed by atoms with van der Waals surface area (Å²) in [7, 11) is 0. The molecule has 0 aliphatic rings. The molecule has 0 fully saturated rings. The van der Waals surface area contributed by atoms with Gasteiger partial charge in [-0.15, -0.1) is 0 Å². The first kappa shape index (κ1) is 34.1. The Morgan fingerprint density at radius 1 is 0.750 bits per heavy atom. The summed E-state index contributed by atoms with van der Waals surface area (Å²) >= 11 is 0. The van der Waals surface area contributed by atoms with E-state index in [1.165, 1.54) is 0 Å². The molecule has 0 nitrogen and oxygen atoms in total. The van der Waals surface area contributed by atoms with Crippen LogP contribution in [0.25, 0.3) is 0 Å². The fraction of sp³-hybridized carbons (Fsp3) is 0. The molecule has 0 rings (SSSR count). The van der Waals surface area contributed by atoms with Crippen LogP contribution in [0.1, 0.15) is 0 Å². The van der Waals surface area contributed by atoms with Crippen LogP contribution in [0.15, 0.2) is 0 Å². The molecular formula is HCl2NaPd. The SMILES string of the molecule is [Cl-].[Cl-].[NaH].[Pd+2]. The van der Waals surface area contributed by atoms with Crippen LogP contribution >= 0.6 is 0 Å². The van der Waals surface area contributed by atoms with E-state index in [0.717, 1.165) is 0 Å². The van der Waals surface area contributed by atoms with Gasteiger partial charge >= 0.3 is 50.0 Å². The van der Waals surface area contributed by atoms with Gasteiger partial charge < -0.3 is 24.8 Å². The van der Waals surface area contributed by atoms with Gasteiger partial charge in [-0.1, -0.05) is 0 Å². The van der Waals surface area contributed by atoms with E-state index in [4.69, 9.17) is 0 Å². The molecule has 0 atom stereocenters. The Bertz CT molecular complexity index is 6.00. The maximum absolute atomic E-state index is 0. The second-order valence-corrected chi connectivity index (χ2v) is 0. The van der Waals surface area contributed by atoms with Crippen LogP contribution in [0.3, 0.4) is 0 Å². The second-order valence-electron chi connectivity index (χ2n) is 0. The van der Waals surface area contributed by atoms with Crippen molar-refractivity contribution in [3.05, 3.63) is 0 Å². The minimum Gasteiger partial charge on any atom is 2.00 e. The van der Waals surface area contributed by atoms with E-state index in [1.54, 1.807) is 0 Å². The Kier molecular flexibility index (Phi) is 160. The maximum atomic E-state index is 0. The smallest absolute Gasteiger partial charge is 2.00 e. The maximum Gasteiger partial charge on any atom is 2.00 e. The molecule has 0 amide bonds. The van der Waals surface area contributed by atoms with Crippen LogP contribution in [-0.2, 0) is 20.4 Å². The predicted octanol–water partition coefficient (Wildman–Crippen LogP) is -6.64. The summed E-state index contributed by atoms with van der Waals surface area (Å²) in [5.41, 5.74) is 0. The third kappa shape index (κ3) is 8.87. The second kappa shape index (κ2) is 18.8. The van der Waals surface area contributed by atoms with Crippen molar-refractivity contribution < 1.29 is 45.2 Å². The molecule has 0 aliphatic carbocycles. The normalized spacial score (nSPS) is 0. The van der Waals surface area contributed by atoms with Crippen LogP contribution in [0.4, 0.5) is 0 Å². The summed E-state index contributed by atoms with van der Waals surface area (Å²) in [6.07, 6.45) is 0. The summed E-state index contributed by atoms with van der Waals surface area (Å²) in [5, 5.41) is 0. The quantitative estimate of drug-likeness (QED) is 0.342. The number of rotatable bonds is 0. The first-order valence-corrected chi connectivity index (χ1v) is 0. The monoisotopic (exact) mass is 200 g/mol. The van der Waals surface area contributed by atoms with Gasteiger partial charge in [0.05, 0.1) is 0 Å². The molecule has 0 aromatic heterocycles. The van der Waals surface area contributed by atoms with E-state index in [1.807, 2.05) is 0 Å². The van der Waals surface area contributed by atoms with Crippen molar-refractivity contribution in [3.63, 3.8) is 0 Å². The molecule has 0 spiro atoms. The Balaban J connectivity index is 0. The van der Waals surface area contributed by atoms with Crippen molar-refractivity contribution in [2.75, 3.05) is 0 Å². The van der Waals surface area contributed by atoms with E-state index in [0.29, 0.717) is 0 Å². The summed E-state index contributed by atoms with van der Waals surface area (Å²) in [6.45, 7) is 0. The van der Waals surface area contributed by atoms with Crippen molar-refractivity contribution in [2.45, 2.75) is 0 Å². The summed E-state index contributed by atoms with van der Waals surface area (Å²) in [4.78, 5) is 0. The van der Waals surface area contributed by atoms with Gasteiger partial charge in [0.25, 0.3) is 0 Å². The average Bonchev–Trinajstić information content (AvgIpc) is 0. The van der Waals surface area contributed by atoms with Crippen molar-refractivity contribution >= 4 is 29.6 Å². The largest absolute Gasteiger partial charge is 2.00 e. The van der Waals surface area contributed by atoms with Crippen LogP contribution in [0, 0.1) is 0 Å². The van der Waals surface area contributed by atoms with Crippen LogP contribution in [-0.4, -0.2) is 29.6 Å². The molecule has 0 aliphatic heterocycles. The molecular weight excluding hydrogens is 200 g/mol. The zero-order chi connectivity index (χ0) is 0. The van der Waals surface area contributed by atoms with E-state index in [-0.39, 0.29) is 74.8 Å². The van der Waals surface area contributed by atoms with Crippen LogP contribution in [0.2, 0.25) is 0 Å². The summed E-state index contributed by atoms with van der Waals surface area (Å²) in [6, 6.07) is 0. The average molecular weight is 201 g/mol. The number of hydrogen-bond acceptors (Lipinski definition) is 0. The first-order valence-electron chi connectivity index (χ1n) is 0. The van der Waals surface area contributed by atoms with E-state index in [2.05, 4.69) is 0 Å². The van der Waals surface area contributed by atoms with E-state index >= 15 is 0 Å². The van der Waals surface area contributed by atoms with Gasteiger partial charge in [-0.2, -0.15) is 0 Å². The van der Waals surface area contributed by atoms with Gasteiger partial charge in [0.2, 0.25) is 0 Å². The third-order valence-corrected chi connectivity index (χ3v) is 0. The van der Waals surface area contributed by atoms with Gasteiger partial charge in [-0.25, -0.2) is 0 Å². The molecule has 26 valence electrons. The molecule has 4 heteroatoms. The van der Waals surface area contributed by atoms with Crippen molar-refractivity contribution in [3.8, 4) is 0 Å². The molecule has 0 saturated heterocycles. The molecule has 0 N–H and O–H groups in total. The van der Waals surface area contributed by atoms with Crippen LogP contribution in [0.5, 0.6) is 0 Å². The summed E-state index contributed by atoms with van der Waals surface area (Å²) in [5.74, 6) is 0. The molecule has 0 unspecified atom stereocenters. The fourth-order valence-corrected chi connectivity index (χ4v) is 0. The van der Waals surface area contributed by atoms with E-state index in [9.17, 15) is 0 Å². The molecule has 0 bridgehead atoms. The van der Waals surface area contributed by atoms with E-state index < -0.39 is 0 Å². The number of hydrogen-bond donors (Lipinski definition) is 0. The third-order valence-electron chi connectivity index (χ3n) is 0. The van der Waals surface area contributed by atoms with Gasteiger partial charge in [0.1, 0.15) is 0 Å². The molecule has 4 heavy (non-hydrogen) atoms. The minimum absolute atomic E-state index is 0. The first-order chi connectivity index (χ1) is 0. The van der Waals surface area contributed by atoms with Gasteiger partial charge in [0, 0.05) is 0 Å². The molecule has 0 aromatic rings. The topological polar surface area (TPSA) is 0 Å². The van der Waals surface area contributed by atoms with Crippen molar-refractivity contribution in [1.29, 1.82) is 0 Å². The van der Waals surface area contributed by atoms with Crippen molar-refractivity contribution in [1.82, 2.24) is 0 Å². The zero-order valence-electron chi connectivity index (χ0n) is 1.07.